The van der Waals surface area contributed by atoms with E-state index in [1.54, 1.807) is 53.9 Å². The average Bonchev–Trinajstić information content (AvgIpc) is 2.50. The van der Waals surface area contributed by atoms with Crippen LogP contribution in [-0.2, 0) is 26.4 Å². The van der Waals surface area contributed by atoms with Gasteiger partial charge in [-0.2, -0.15) is 0 Å². The molecule has 0 aromatic heterocycles. The molecule has 0 fully saturated rings. The van der Waals surface area contributed by atoms with E-state index in [1.165, 1.54) is 0 Å². The Bertz CT molecular complexity index is 710. The van der Waals surface area contributed by atoms with Crippen LogP contribution in [0.15, 0.2) is 18.2 Å². The maximum Gasteiger partial charge on any atom is 0.419 e. The zero-order chi connectivity index (χ0) is 23.3. The summed E-state index contributed by atoms with van der Waals surface area (Å²) in [6, 6.07) is 5.54. The molecule has 170 valence electrons. The van der Waals surface area contributed by atoms with Gasteiger partial charge in [0.15, 0.2) is 0 Å². The molecule has 7 nitrogen and oxygen atoms in total. The van der Waals surface area contributed by atoms with Crippen LogP contribution in [0.2, 0.25) is 0 Å². The molecular formula is C22H36N2O5S. The number of hydrogen-bond donors (Lipinski definition) is 1. The summed E-state index contributed by atoms with van der Waals surface area (Å²) in [5, 5.41) is 0. The van der Waals surface area contributed by atoms with Crippen LogP contribution in [0.4, 0.5) is 15.3 Å². The summed E-state index contributed by atoms with van der Waals surface area (Å²) in [4.78, 5) is 26.3. The molecule has 2 N–H and O–H groups in total. The third kappa shape index (κ3) is 9.26. The zero-order valence-corrected chi connectivity index (χ0v) is 20.2. The lowest BCUT2D eigenvalue weighted by Crippen LogP contribution is -2.44. The van der Waals surface area contributed by atoms with Gasteiger partial charge in [0.1, 0.15) is 17.0 Å². The fourth-order valence-electron chi connectivity index (χ4n) is 2.82. The predicted octanol–water partition coefficient (Wildman–Crippen LogP) is 4.81. The lowest BCUT2D eigenvalue weighted by molar-refractivity contribution is 0.00106. The van der Waals surface area contributed by atoms with Crippen LogP contribution in [0.1, 0.15) is 71.9 Å². The highest BCUT2D eigenvalue weighted by molar-refractivity contribution is 7.89. The largest absolute Gasteiger partial charge is 0.616 e. The molecule has 0 saturated carbocycles. The summed E-state index contributed by atoms with van der Waals surface area (Å²) in [5.74, 6) is 0.392. The van der Waals surface area contributed by atoms with Gasteiger partial charge in [-0.1, -0.05) is 24.2 Å². The number of benzene rings is 1. The second-order valence-corrected chi connectivity index (χ2v) is 10.9. The maximum atomic E-state index is 12.6. The second-order valence-electron chi connectivity index (χ2n) is 9.48. The van der Waals surface area contributed by atoms with Crippen molar-refractivity contribution < 1.29 is 23.6 Å². The van der Waals surface area contributed by atoms with E-state index in [1.807, 2.05) is 19.1 Å². The SMILES string of the molecule is C[C@H](CCN(C(=O)OC(C)(C)C)C(=O)OC(C)(C)C)c1ccc(N)cc1C[S+](C)[O-]. The molecule has 0 aliphatic carbocycles. The normalized spacial score (nSPS) is 14.0. The first-order valence-electron chi connectivity index (χ1n) is 10.0. The van der Waals surface area contributed by atoms with E-state index in [9.17, 15) is 14.1 Å². The molecule has 1 aromatic rings. The highest BCUT2D eigenvalue weighted by Gasteiger charge is 2.31. The van der Waals surface area contributed by atoms with E-state index in [0.29, 0.717) is 17.9 Å². The zero-order valence-electron chi connectivity index (χ0n) is 19.4. The van der Waals surface area contributed by atoms with Crippen molar-refractivity contribution >= 4 is 29.0 Å². The van der Waals surface area contributed by atoms with Crippen molar-refractivity contribution in [3.8, 4) is 0 Å². The third-order valence-electron chi connectivity index (χ3n) is 4.07. The second kappa shape index (κ2) is 10.4. The van der Waals surface area contributed by atoms with Gasteiger partial charge in [0.25, 0.3) is 0 Å². The Hall–Kier alpha value is -1.93. The van der Waals surface area contributed by atoms with Gasteiger partial charge in [-0.25, -0.2) is 14.5 Å². The molecule has 0 spiro atoms. The maximum absolute atomic E-state index is 12.6. The average molecular weight is 441 g/mol. The van der Waals surface area contributed by atoms with E-state index in [-0.39, 0.29) is 12.5 Å². The van der Waals surface area contributed by atoms with E-state index in [0.717, 1.165) is 16.0 Å². The van der Waals surface area contributed by atoms with Crippen molar-refractivity contribution in [3.05, 3.63) is 29.3 Å². The molecule has 1 unspecified atom stereocenters. The van der Waals surface area contributed by atoms with Gasteiger partial charge in [0, 0.05) is 17.8 Å². The summed E-state index contributed by atoms with van der Waals surface area (Å²) < 4.78 is 22.5. The molecule has 2 atom stereocenters. The number of nitrogen functional groups attached to an aromatic ring is 1. The van der Waals surface area contributed by atoms with E-state index < -0.39 is 34.6 Å². The minimum absolute atomic E-state index is 0.00322. The van der Waals surface area contributed by atoms with Gasteiger partial charge in [-0.3, -0.25) is 0 Å². The topological polar surface area (TPSA) is 105 Å². The Morgan fingerprint density at radius 3 is 2.03 bits per heavy atom. The first-order chi connectivity index (χ1) is 13.6. The smallest absolute Gasteiger partial charge is 0.419 e. The lowest BCUT2D eigenvalue weighted by atomic mass is 9.93. The van der Waals surface area contributed by atoms with Gasteiger partial charge in [-0.05, 0) is 71.6 Å². The number of imide groups is 1. The van der Waals surface area contributed by atoms with Crippen LogP contribution >= 0.6 is 0 Å². The number of nitrogens with zero attached hydrogens (tertiary/aromatic N) is 1. The lowest BCUT2D eigenvalue weighted by Gasteiger charge is -2.29. The van der Waals surface area contributed by atoms with Crippen molar-refractivity contribution in [2.45, 2.75) is 77.8 Å². The third-order valence-corrected chi connectivity index (χ3v) is 4.79. The summed E-state index contributed by atoms with van der Waals surface area (Å²) in [7, 11) is 0. The molecule has 1 rings (SSSR count). The molecule has 0 radical (unpaired) electrons. The van der Waals surface area contributed by atoms with Gasteiger partial charge < -0.3 is 19.8 Å². The summed E-state index contributed by atoms with van der Waals surface area (Å²) in [5.41, 5.74) is 6.92. The van der Waals surface area contributed by atoms with E-state index in [4.69, 9.17) is 15.2 Å². The molecule has 0 aliphatic heterocycles. The molecule has 0 saturated heterocycles. The molecule has 30 heavy (non-hydrogen) atoms. The molecule has 8 heteroatoms. The first-order valence-corrected chi connectivity index (χ1v) is 11.7. The summed E-state index contributed by atoms with van der Waals surface area (Å²) >= 11 is -1.02. The summed E-state index contributed by atoms with van der Waals surface area (Å²) in [6.07, 6.45) is 0.656. The van der Waals surface area contributed by atoms with Crippen molar-refractivity contribution in [3.63, 3.8) is 0 Å². The van der Waals surface area contributed by atoms with Crippen LogP contribution in [0.25, 0.3) is 0 Å². The standard InChI is InChI=1S/C22H36N2O5S/c1-15(18-10-9-17(23)13-16(18)14-30(8)27)11-12-24(19(25)28-21(2,3)4)20(26)29-22(5,6)7/h9-10,13,15H,11-12,14,23H2,1-8H3/t15-,30?/m1/s1. The van der Waals surface area contributed by atoms with Gasteiger partial charge in [0.05, 0.1) is 6.26 Å². The van der Waals surface area contributed by atoms with Crippen molar-refractivity contribution in [1.29, 1.82) is 0 Å². The van der Waals surface area contributed by atoms with Crippen LogP contribution in [0.3, 0.4) is 0 Å². The predicted molar refractivity (Wildman–Crippen MR) is 121 cm³/mol. The molecular weight excluding hydrogens is 404 g/mol. The fourth-order valence-corrected chi connectivity index (χ4v) is 3.51. The van der Waals surface area contributed by atoms with Crippen LogP contribution < -0.4 is 5.73 Å². The highest BCUT2D eigenvalue weighted by Crippen LogP contribution is 2.27. The van der Waals surface area contributed by atoms with Gasteiger partial charge in [0.2, 0.25) is 0 Å². The number of carbonyl (C=O) groups is 2. The number of nitrogens with two attached hydrogens (primary N) is 1. The fraction of sp³-hybridized carbons (Fsp3) is 0.636. The Labute approximate surface area is 183 Å². The Morgan fingerprint density at radius 2 is 1.60 bits per heavy atom. The minimum atomic E-state index is -1.02. The molecule has 0 aliphatic rings. The highest BCUT2D eigenvalue weighted by atomic mass is 32.2. The first kappa shape index (κ1) is 26.1. The Morgan fingerprint density at radius 1 is 1.10 bits per heavy atom. The number of rotatable bonds is 6. The molecule has 0 heterocycles. The number of ether oxygens (including phenoxy) is 2. The van der Waals surface area contributed by atoms with Crippen molar-refractivity contribution in [2.75, 3.05) is 18.5 Å². The van der Waals surface area contributed by atoms with Crippen molar-refractivity contribution in [2.24, 2.45) is 0 Å². The summed E-state index contributed by atoms with van der Waals surface area (Å²) in [6.45, 7) is 12.6. The van der Waals surface area contributed by atoms with Crippen LogP contribution in [0.5, 0.6) is 0 Å². The van der Waals surface area contributed by atoms with E-state index >= 15 is 0 Å². The van der Waals surface area contributed by atoms with Crippen LogP contribution in [-0.4, -0.2) is 45.6 Å². The minimum Gasteiger partial charge on any atom is -0.616 e. The number of carbonyl (C=O) groups excluding carboxylic acids is 2. The Balaban J connectivity index is 3.02. The van der Waals surface area contributed by atoms with Gasteiger partial charge in [-0.15, -0.1) is 0 Å². The monoisotopic (exact) mass is 440 g/mol. The van der Waals surface area contributed by atoms with Crippen molar-refractivity contribution in [1.82, 2.24) is 4.90 Å². The number of anilines is 1. The molecule has 1 aromatic carbocycles. The van der Waals surface area contributed by atoms with Gasteiger partial charge >= 0.3 is 12.2 Å². The Kier molecular flexibility index (Phi) is 9.05. The van der Waals surface area contributed by atoms with E-state index in [2.05, 4.69) is 0 Å². The molecule has 0 bridgehead atoms. The number of hydrogen-bond acceptors (Lipinski definition) is 6. The van der Waals surface area contributed by atoms with Crippen LogP contribution in [0, 0.1) is 0 Å². The molecule has 2 amide bonds. The number of amides is 2. The quantitative estimate of drug-likeness (QED) is 0.502.